The van der Waals surface area contributed by atoms with Gasteiger partial charge < -0.3 is 0 Å². The van der Waals surface area contributed by atoms with Gasteiger partial charge in [0.05, 0.1) is 0 Å². The fourth-order valence-corrected chi connectivity index (χ4v) is 1.89. The Morgan fingerprint density at radius 1 is 1.47 bits per heavy atom. The molecule has 78 valence electrons. The topological polar surface area (TPSA) is 59.9 Å². The summed E-state index contributed by atoms with van der Waals surface area (Å²) in [5.74, 6) is 0.000237. The van der Waals surface area contributed by atoms with Gasteiger partial charge in [0.2, 0.25) is 0 Å². The first kappa shape index (κ1) is 9.96. The van der Waals surface area contributed by atoms with Crippen LogP contribution in [-0.2, 0) is 4.79 Å². The monoisotopic (exact) mass is 204 g/mol. The third-order valence-corrected chi connectivity index (χ3v) is 2.69. The standard InChI is InChI=1S/C11H12N2O2/c14-9-3-1-2-8(6-9)11(15)10-4-5-12-7-13-10/h4-5,7-8H,1-3,6H2. The van der Waals surface area contributed by atoms with Crippen molar-refractivity contribution in [2.75, 3.05) is 0 Å². The molecule has 1 aromatic heterocycles. The fourth-order valence-electron chi connectivity index (χ4n) is 1.89. The molecule has 1 fully saturated rings. The van der Waals surface area contributed by atoms with Crippen LogP contribution in [0, 0.1) is 5.92 Å². The van der Waals surface area contributed by atoms with Crippen LogP contribution in [0.4, 0.5) is 0 Å². The maximum Gasteiger partial charge on any atom is 0.184 e. The summed E-state index contributed by atoms with van der Waals surface area (Å²) in [6.07, 6.45) is 5.52. The first-order valence-corrected chi connectivity index (χ1v) is 5.09. The molecule has 0 N–H and O–H groups in total. The molecule has 2 rings (SSSR count). The highest BCUT2D eigenvalue weighted by atomic mass is 16.1. The minimum absolute atomic E-state index is 0.0227. The average Bonchev–Trinajstić information content (AvgIpc) is 2.29. The van der Waals surface area contributed by atoms with E-state index in [1.165, 1.54) is 6.33 Å². The van der Waals surface area contributed by atoms with Gasteiger partial charge in [-0.3, -0.25) is 9.59 Å². The normalized spacial score (nSPS) is 21.3. The number of rotatable bonds is 2. The van der Waals surface area contributed by atoms with Crippen molar-refractivity contribution in [3.8, 4) is 0 Å². The van der Waals surface area contributed by atoms with E-state index in [1.807, 2.05) is 0 Å². The van der Waals surface area contributed by atoms with Gasteiger partial charge in [0.1, 0.15) is 17.8 Å². The largest absolute Gasteiger partial charge is 0.300 e. The Morgan fingerprint density at radius 3 is 3.00 bits per heavy atom. The molecule has 0 radical (unpaired) electrons. The van der Waals surface area contributed by atoms with Crippen molar-refractivity contribution in [1.29, 1.82) is 0 Å². The molecule has 1 heterocycles. The van der Waals surface area contributed by atoms with Gasteiger partial charge in [-0.25, -0.2) is 9.97 Å². The molecular weight excluding hydrogens is 192 g/mol. The van der Waals surface area contributed by atoms with Gasteiger partial charge in [-0.15, -0.1) is 0 Å². The minimum Gasteiger partial charge on any atom is -0.300 e. The zero-order valence-corrected chi connectivity index (χ0v) is 8.35. The Hall–Kier alpha value is -1.58. The molecule has 1 aliphatic rings. The van der Waals surface area contributed by atoms with E-state index in [1.54, 1.807) is 12.3 Å². The van der Waals surface area contributed by atoms with E-state index in [2.05, 4.69) is 9.97 Å². The number of carbonyl (C=O) groups excluding carboxylic acids is 2. The quantitative estimate of drug-likeness (QED) is 0.683. The number of Topliss-reactive ketones (excluding diaryl/α,β-unsaturated/α-hetero) is 2. The van der Waals surface area contributed by atoms with Crippen LogP contribution in [-0.4, -0.2) is 21.5 Å². The third kappa shape index (κ3) is 2.26. The third-order valence-electron chi connectivity index (χ3n) is 2.69. The van der Waals surface area contributed by atoms with Crippen molar-refractivity contribution in [2.45, 2.75) is 25.7 Å². The Balaban J connectivity index is 2.11. The maximum absolute atomic E-state index is 11.9. The lowest BCUT2D eigenvalue weighted by Gasteiger charge is -2.18. The molecule has 4 nitrogen and oxygen atoms in total. The second kappa shape index (κ2) is 4.29. The summed E-state index contributed by atoms with van der Waals surface area (Å²) in [5, 5.41) is 0. The molecule has 0 spiro atoms. The SMILES string of the molecule is O=C1CCCC(C(=O)c2ccncn2)C1. The number of hydrogen-bond donors (Lipinski definition) is 0. The molecule has 15 heavy (non-hydrogen) atoms. The van der Waals surface area contributed by atoms with E-state index < -0.39 is 0 Å². The Bertz CT molecular complexity index is 375. The summed E-state index contributed by atoms with van der Waals surface area (Å²) in [7, 11) is 0. The Morgan fingerprint density at radius 2 is 2.33 bits per heavy atom. The molecule has 1 aliphatic carbocycles. The molecule has 0 bridgehead atoms. The zero-order chi connectivity index (χ0) is 10.7. The number of ketones is 2. The van der Waals surface area contributed by atoms with Crippen LogP contribution in [0.1, 0.15) is 36.2 Å². The van der Waals surface area contributed by atoms with Gasteiger partial charge in [0.25, 0.3) is 0 Å². The minimum atomic E-state index is -0.166. The molecule has 1 atom stereocenters. The van der Waals surface area contributed by atoms with E-state index in [0.29, 0.717) is 18.5 Å². The van der Waals surface area contributed by atoms with E-state index in [4.69, 9.17) is 0 Å². The van der Waals surface area contributed by atoms with Crippen LogP contribution in [0.3, 0.4) is 0 Å². The van der Waals surface area contributed by atoms with Gasteiger partial charge in [-0.05, 0) is 18.9 Å². The predicted octanol–water partition coefficient (Wildman–Crippen LogP) is 1.42. The second-order valence-electron chi connectivity index (χ2n) is 3.79. The molecule has 0 aliphatic heterocycles. The van der Waals surface area contributed by atoms with Gasteiger partial charge in [-0.1, -0.05) is 0 Å². The second-order valence-corrected chi connectivity index (χ2v) is 3.79. The van der Waals surface area contributed by atoms with Crippen molar-refractivity contribution in [1.82, 2.24) is 9.97 Å². The first-order valence-electron chi connectivity index (χ1n) is 5.09. The lowest BCUT2D eigenvalue weighted by molar-refractivity contribution is -0.121. The Labute approximate surface area is 87.7 Å². The summed E-state index contributed by atoms with van der Waals surface area (Å²) in [5.41, 5.74) is 0.421. The van der Waals surface area contributed by atoms with Gasteiger partial charge >= 0.3 is 0 Å². The maximum atomic E-state index is 11.9. The van der Waals surface area contributed by atoms with Crippen molar-refractivity contribution >= 4 is 11.6 Å². The van der Waals surface area contributed by atoms with Crippen molar-refractivity contribution in [3.63, 3.8) is 0 Å². The molecular formula is C11H12N2O2. The van der Waals surface area contributed by atoms with Crippen molar-refractivity contribution in [2.24, 2.45) is 5.92 Å². The molecule has 1 unspecified atom stereocenters. The van der Waals surface area contributed by atoms with Crippen LogP contribution < -0.4 is 0 Å². The number of hydrogen-bond acceptors (Lipinski definition) is 4. The highest BCUT2D eigenvalue weighted by molar-refractivity contribution is 5.98. The summed E-state index contributed by atoms with van der Waals surface area (Å²) in [6.45, 7) is 0. The average molecular weight is 204 g/mol. The highest BCUT2D eigenvalue weighted by Gasteiger charge is 2.26. The van der Waals surface area contributed by atoms with Gasteiger partial charge in [-0.2, -0.15) is 0 Å². The van der Waals surface area contributed by atoms with Crippen molar-refractivity contribution < 1.29 is 9.59 Å². The van der Waals surface area contributed by atoms with Crippen LogP contribution in [0.2, 0.25) is 0 Å². The zero-order valence-electron chi connectivity index (χ0n) is 8.35. The van der Waals surface area contributed by atoms with Gasteiger partial charge in [0, 0.05) is 25.0 Å². The van der Waals surface area contributed by atoms with Crippen LogP contribution in [0.5, 0.6) is 0 Å². The predicted molar refractivity (Wildman–Crippen MR) is 53.3 cm³/mol. The summed E-state index contributed by atoms with van der Waals surface area (Å²) >= 11 is 0. The van der Waals surface area contributed by atoms with Gasteiger partial charge in [0.15, 0.2) is 5.78 Å². The smallest absolute Gasteiger partial charge is 0.184 e. The summed E-state index contributed by atoms with van der Waals surface area (Å²) in [6, 6.07) is 1.60. The van der Waals surface area contributed by atoms with Crippen LogP contribution in [0.25, 0.3) is 0 Å². The van der Waals surface area contributed by atoms with E-state index in [-0.39, 0.29) is 17.5 Å². The van der Waals surface area contributed by atoms with Crippen LogP contribution >= 0.6 is 0 Å². The van der Waals surface area contributed by atoms with E-state index >= 15 is 0 Å². The number of carbonyl (C=O) groups is 2. The van der Waals surface area contributed by atoms with E-state index in [9.17, 15) is 9.59 Å². The molecule has 1 saturated carbocycles. The van der Waals surface area contributed by atoms with Crippen molar-refractivity contribution in [3.05, 3.63) is 24.3 Å². The fraction of sp³-hybridized carbons (Fsp3) is 0.455. The van der Waals surface area contributed by atoms with E-state index in [0.717, 1.165) is 12.8 Å². The Kier molecular flexibility index (Phi) is 2.85. The van der Waals surface area contributed by atoms with Crippen LogP contribution in [0.15, 0.2) is 18.6 Å². The molecule has 1 aromatic rings. The summed E-state index contributed by atoms with van der Waals surface area (Å²) in [4.78, 5) is 30.8. The highest BCUT2D eigenvalue weighted by Crippen LogP contribution is 2.24. The first-order chi connectivity index (χ1) is 7.27. The lowest BCUT2D eigenvalue weighted by atomic mass is 9.84. The number of aromatic nitrogens is 2. The molecule has 0 saturated heterocycles. The number of nitrogens with zero attached hydrogens (tertiary/aromatic N) is 2. The summed E-state index contributed by atoms with van der Waals surface area (Å²) < 4.78 is 0. The molecule has 0 aromatic carbocycles. The molecule has 0 amide bonds. The molecule has 4 heteroatoms. The lowest BCUT2D eigenvalue weighted by Crippen LogP contribution is -2.23.